The van der Waals surface area contributed by atoms with Gasteiger partial charge in [-0.15, -0.1) is 0 Å². The van der Waals surface area contributed by atoms with Crippen LogP contribution in [0.2, 0.25) is 0 Å². The molecule has 0 saturated heterocycles. The van der Waals surface area contributed by atoms with Gasteiger partial charge in [0.15, 0.2) is 0 Å². The topological polar surface area (TPSA) is 61.3 Å². The molecule has 0 bridgehead atoms. The Morgan fingerprint density at radius 3 is 2.92 bits per heavy atom. The summed E-state index contributed by atoms with van der Waals surface area (Å²) in [6, 6.07) is 3.76. The van der Waals surface area contributed by atoms with E-state index in [1.165, 1.54) is 0 Å². The maximum absolute atomic E-state index is 5.95. The van der Waals surface area contributed by atoms with Gasteiger partial charge in [0, 0.05) is 22.5 Å². The van der Waals surface area contributed by atoms with Crippen molar-refractivity contribution in [3.05, 3.63) is 22.2 Å². The molecule has 1 atom stereocenters. The van der Waals surface area contributed by atoms with Crippen LogP contribution in [0.1, 0.15) is 18.0 Å². The van der Waals surface area contributed by atoms with E-state index in [2.05, 4.69) is 15.9 Å². The number of nitrogen functional groups attached to an aromatic ring is 1. The van der Waals surface area contributed by atoms with Crippen LogP contribution in [-0.4, -0.2) is 6.61 Å². The van der Waals surface area contributed by atoms with Crippen LogP contribution in [0.4, 0.5) is 5.69 Å². The van der Waals surface area contributed by atoms with E-state index < -0.39 is 0 Å². The predicted octanol–water partition coefficient (Wildman–Crippen LogP) is 1.81. The van der Waals surface area contributed by atoms with Gasteiger partial charge in [0.2, 0.25) is 0 Å². The van der Waals surface area contributed by atoms with Crippen molar-refractivity contribution in [3.8, 4) is 5.75 Å². The summed E-state index contributed by atoms with van der Waals surface area (Å²) in [6.07, 6.45) is 0.842. The van der Waals surface area contributed by atoms with Crippen molar-refractivity contribution in [1.82, 2.24) is 0 Å². The molecule has 4 heteroatoms. The molecule has 1 heterocycles. The van der Waals surface area contributed by atoms with Crippen molar-refractivity contribution >= 4 is 21.6 Å². The van der Waals surface area contributed by atoms with Gasteiger partial charge in [0.25, 0.3) is 0 Å². The van der Waals surface area contributed by atoms with Gasteiger partial charge in [-0.1, -0.05) is 15.9 Å². The minimum Gasteiger partial charge on any atom is -0.491 e. The molecule has 0 saturated carbocycles. The molecule has 4 N–H and O–H groups in total. The van der Waals surface area contributed by atoms with E-state index in [9.17, 15) is 0 Å². The summed E-state index contributed by atoms with van der Waals surface area (Å²) in [5, 5.41) is 0. The molecule has 70 valence electrons. The average molecular weight is 243 g/mol. The molecule has 1 aliphatic rings. The zero-order chi connectivity index (χ0) is 9.42. The maximum Gasteiger partial charge on any atom is 0.148 e. The highest BCUT2D eigenvalue weighted by Crippen LogP contribution is 2.40. The first-order valence-corrected chi connectivity index (χ1v) is 4.95. The van der Waals surface area contributed by atoms with E-state index in [-0.39, 0.29) is 6.04 Å². The SMILES string of the molecule is Nc1ccc(Br)c2c1OCC[C@@H]2N. The highest BCUT2D eigenvalue weighted by molar-refractivity contribution is 9.10. The lowest BCUT2D eigenvalue weighted by Gasteiger charge is -2.25. The fourth-order valence-electron chi connectivity index (χ4n) is 1.53. The molecule has 13 heavy (non-hydrogen) atoms. The minimum atomic E-state index is 0.0293. The van der Waals surface area contributed by atoms with Crippen LogP contribution in [0.25, 0.3) is 0 Å². The normalized spacial score (nSPS) is 20.6. The van der Waals surface area contributed by atoms with E-state index >= 15 is 0 Å². The van der Waals surface area contributed by atoms with Crippen LogP contribution in [0.3, 0.4) is 0 Å². The Balaban J connectivity index is 2.60. The summed E-state index contributed by atoms with van der Waals surface area (Å²) >= 11 is 3.44. The van der Waals surface area contributed by atoms with Crippen LogP contribution in [-0.2, 0) is 0 Å². The molecule has 1 aromatic carbocycles. The molecular formula is C9H11BrN2O. The van der Waals surface area contributed by atoms with Crippen molar-refractivity contribution < 1.29 is 4.74 Å². The van der Waals surface area contributed by atoms with E-state index in [4.69, 9.17) is 16.2 Å². The largest absolute Gasteiger partial charge is 0.491 e. The van der Waals surface area contributed by atoms with Crippen LogP contribution in [0.15, 0.2) is 16.6 Å². The Morgan fingerprint density at radius 2 is 2.23 bits per heavy atom. The number of anilines is 1. The number of nitrogens with two attached hydrogens (primary N) is 2. The lowest BCUT2D eigenvalue weighted by atomic mass is 10.0. The third-order valence-electron chi connectivity index (χ3n) is 2.22. The van der Waals surface area contributed by atoms with E-state index in [1.54, 1.807) is 0 Å². The Morgan fingerprint density at radius 1 is 1.46 bits per heavy atom. The van der Waals surface area contributed by atoms with Crippen molar-refractivity contribution in [2.45, 2.75) is 12.5 Å². The van der Waals surface area contributed by atoms with Crippen LogP contribution in [0.5, 0.6) is 5.75 Å². The molecule has 0 amide bonds. The molecular weight excluding hydrogens is 232 g/mol. The molecule has 0 radical (unpaired) electrons. The lowest BCUT2D eigenvalue weighted by Crippen LogP contribution is -2.21. The summed E-state index contributed by atoms with van der Waals surface area (Å²) in [4.78, 5) is 0. The molecule has 3 nitrogen and oxygen atoms in total. The second-order valence-electron chi connectivity index (χ2n) is 3.12. The van der Waals surface area contributed by atoms with Gasteiger partial charge in [-0.05, 0) is 12.1 Å². The summed E-state index contributed by atoms with van der Waals surface area (Å²) in [5.74, 6) is 0.744. The number of hydrogen-bond acceptors (Lipinski definition) is 3. The van der Waals surface area contributed by atoms with Crippen molar-refractivity contribution in [1.29, 1.82) is 0 Å². The lowest BCUT2D eigenvalue weighted by molar-refractivity contribution is 0.270. The Hall–Kier alpha value is -0.740. The summed E-state index contributed by atoms with van der Waals surface area (Å²) < 4.78 is 6.45. The first kappa shape index (κ1) is 8.84. The van der Waals surface area contributed by atoms with Crippen molar-refractivity contribution in [2.24, 2.45) is 5.73 Å². The second-order valence-corrected chi connectivity index (χ2v) is 3.98. The van der Waals surface area contributed by atoms with E-state index in [0.29, 0.717) is 12.3 Å². The average Bonchev–Trinajstić information content (AvgIpc) is 2.12. The van der Waals surface area contributed by atoms with Gasteiger partial charge < -0.3 is 16.2 Å². The molecule has 0 aromatic heterocycles. The third kappa shape index (κ3) is 1.40. The van der Waals surface area contributed by atoms with Gasteiger partial charge in [-0.3, -0.25) is 0 Å². The predicted molar refractivity (Wildman–Crippen MR) is 55.6 cm³/mol. The number of hydrogen-bond donors (Lipinski definition) is 2. The molecule has 1 aliphatic heterocycles. The maximum atomic E-state index is 5.95. The van der Waals surface area contributed by atoms with Crippen molar-refractivity contribution in [2.75, 3.05) is 12.3 Å². The Kier molecular flexibility index (Phi) is 2.17. The van der Waals surface area contributed by atoms with Gasteiger partial charge in [-0.2, -0.15) is 0 Å². The van der Waals surface area contributed by atoms with Gasteiger partial charge in [-0.25, -0.2) is 0 Å². The van der Waals surface area contributed by atoms with Crippen LogP contribution < -0.4 is 16.2 Å². The monoisotopic (exact) mass is 242 g/mol. The zero-order valence-corrected chi connectivity index (χ0v) is 8.67. The summed E-state index contributed by atoms with van der Waals surface area (Å²) in [7, 11) is 0. The fourth-order valence-corrected chi connectivity index (χ4v) is 2.14. The highest BCUT2D eigenvalue weighted by Gasteiger charge is 2.22. The minimum absolute atomic E-state index is 0.0293. The summed E-state index contributed by atoms with van der Waals surface area (Å²) in [5.41, 5.74) is 13.4. The van der Waals surface area contributed by atoms with Crippen LogP contribution in [0, 0.1) is 0 Å². The molecule has 1 aromatic rings. The molecule has 0 fully saturated rings. The third-order valence-corrected chi connectivity index (χ3v) is 2.91. The van der Waals surface area contributed by atoms with Crippen molar-refractivity contribution in [3.63, 3.8) is 0 Å². The number of fused-ring (bicyclic) bond motifs is 1. The number of rotatable bonds is 0. The first-order valence-electron chi connectivity index (χ1n) is 4.16. The quantitative estimate of drug-likeness (QED) is 0.683. The standard InChI is InChI=1S/C9H11BrN2O/c10-5-1-2-7(12)9-8(5)6(11)3-4-13-9/h1-2,6H,3-4,11-12H2/t6-/m0/s1. The van der Waals surface area contributed by atoms with E-state index in [1.807, 2.05) is 12.1 Å². The van der Waals surface area contributed by atoms with E-state index in [0.717, 1.165) is 22.2 Å². The molecule has 0 spiro atoms. The smallest absolute Gasteiger partial charge is 0.148 e. The first-order chi connectivity index (χ1) is 6.20. The van der Waals surface area contributed by atoms with Gasteiger partial charge >= 0.3 is 0 Å². The van der Waals surface area contributed by atoms with Gasteiger partial charge in [0.1, 0.15) is 5.75 Å². The highest BCUT2D eigenvalue weighted by atomic mass is 79.9. The zero-order valence-electron chi connectivity index (χ0n) is 7.09. The Labute approximate surface area is 85.2 Å². The molecule has 0 unspecified atom stereocenters. The molecule has 2 rings (SSSR count). The van der Waals surface area contributed by atoms with Gasteiger partial charge in [0.05, 0.1) is 12.3 Å². The second kappa shape index (κ2) is 3.20. The number of halogens is 1. The Bertz CT molecular complexity index is 341. The fraction of sp³-hybridized carbons (Fsp3) is 0.333. The molecule has 0 aliphatic carbocycles. The summed E-state index contributed by atoms with van der Waals surface area (Å²) in [6.45, 7) is 0.648. The number of ether oxygens (including phenoxy) is 1. The van der Waals surface area contributed by atoms with Crippen LogP contribution >= 0.6 is 15.9 Å². The number of benzene rings is 1.